The van der Waals surface area contributed by atoms with E-state index in [1.165, 1.54) is 86.6 Å². The van der Waals surface area contributed by atoms with Gasteiger partial charge in [-0.15, -0.1) is 11.3 Å². The Hall–Kier alpha value is -6.42. The first-order chi connectivity index (χ1) is 26.5. The summed E-state index contributed by atoms with van der Waals surface area (Å²) in [4.78, 5) is 2.47. The number of rotatable bonds is 6. The normalized spacial score (nSPS) is 11.6. The molecule has 0 aliphatic heterocycles. The quantitative estimate of drug-likeness (QED) is 0.167. The fourth-order valence-corrected chi connectivity index (χ4v) is 9.80. The van der Waals surface area contributed by atoms with E-state index in [0.29, 0.717) is 0 Å². The third-order valence-electron chi connectivity index (χ3n) is 10.9. The molecule has 0 radical (unpaired) electrons. The Morgan fingerprint density at radius 2 is 1.11 bits per heavy atom. The van der Waals surface area contributed by atoms with Crippen LogP contribution < -0.4 is 4.90 Å². The number of benzene rings is 8. The van der Waals surface area contributed by atoms with Crippen LogP contribution in [0.1, 0.15) is 16.7 Å². The largest absolute Gasteiger partial charge is 0.310 e. The van der Waals surface area contributed by atoms with Crippen LogP contribution in [-0.2, 0) is 0 Å². The van der Waals surface area contributed by atoms with Crippen LogP contribution in [-0.4, -0.2) is 4.57 Å². The minimum atomic E-state index is 1.15. The monoisotopic (exact) mass is 710 g/mol. The summed E-state index contributed by atoms with van der Waals surface area (Å²) in [5.41, 5.74) is 15.9. The van der Waals surface area contributed by atoms with Gasteiger partial charge in [0.2, 0.25) is 0 Å². The van der Waals surface area contributed by atoms with Gasteiger partial charge < -0.3 is 9.47 Å². The summed E-state index contributed by atoms with van der Waals surface area (Å²) < 4.78 is 4.98. The lowest BCUT2D eigenvalue weighted by Crippen LogP contribution is -2.11. The Kier molecular flexibility index (Phi) is 7.71. The Bertz CT molecular complexity index is 2940. The number of anilines is 3. The lowest BCUT2D eigenvalue weighted by Gasteiger charge is -2.29. The highest BCUT2D eigenvalue weighted by atomic mass is 32.1. The zero-order chi connectivity index (χ0) is 36.3. The van der Waals surface area contributed by atoms with Crippen molar-refractivity contribution in [2.24, 2.45) is 0 Å². The number of hydrogen-bond donors (Lipinski definition) is 0. The number of hydrogen-bond acceptors (Lipinski definition) is 2. The Balaban J connectivity index is 1.16. The summed E-state index contributed by atoms with van der Waals surface area (Å²) in [6.45, 7) is 6.67. The lowest BCUT2D eigenvalue weighted by molar-refractivity contribution is 1.18. The second-order valence-corrected chi connectivity index (χ2v) is 15.4. The van der Waals surface area contributed by atoms with E-state index >= 15 is 0 Å². The summed E-state index contributed by atoms with van der Waals surface area (Å²) in [6, 6.07) is 64.5. The molecular weight excluding hydrogens is 673 g/mol. The van der Waals surface area contributed by atoms with Gasteiger partial charge in [-0.3, -0.25) is 0 Å². The number of aryl methyl sites for hydroxylation is 3. The number of para-hydroxylation sites is 2. The predicted octanol–water partition coefficient (Wildman–Crippen LogP) is 14.9. The second-order valence-electron chi connectivity index (χ2n) is 14.3. The predicted molar refractivity (Wildman–Crippen MR) is 233 cm³/mol. The minimum absolute atomic E-state index is 1.15. The van der Waals surface area contributed by atoms with Crippen LogP contribution in [0.25, 0.3) is 69.9 Å². The summed E-state index contributed by atoms with van der Waals surface area (Å²) in [7, 11) is 0. The van der Waals surface area contributed by atoms with Crippen LogP contribution in [0.4, 0.5) is 17.1 Å². The van der Waals surface area contributed by atoms with Crippen molar-refractivity contribution in [3.63, 3.8) is 0 Å². The molecule has 10 aromatic rings. The highest BCUT2D eigenvalue weighted by molar-refractivity contribution is 7.26. The van der Waals surface area contributed by atoms with E-state index in [-0.39, 0.29) is 0 Å². The first-order valence-corrected chi connectivity index (χ1v) is 19.4. The van der Waals surface area contributed by atoms with E-state index in [4.69, 9.17) is 0 Å². The SMILES string of the molecule is Cc1cccc(N(c2cc(C)c(-c3ccccc3)c(C)c2)c2ccc(-c3ccc(-n4c5ccccc5c5ccccc54)cc3)c3sc4ccccc4c23)c1. The van der Waals surface area contributed by atoms with Crippen molar-refractivity contribution in [3.8, 4) is 27.9 Å². The molecule has 0 spiro atoms. The molecule has 2 heterocycles. The molecule has 0 fully saturated rings. The number of nitrogens with zero attached hydrogens (tertiary/aromatic N) is 2. The average Bonchev–Trinajstić information content (AvgIpc) is 3.75. The Morgan fingerprint density at radius 3 is 1.80 bits per heavy atom. The van der Waals surface area contributed by atoms with Crippen molar-refractivity contribution in [3.05, 3.63) is 193 Å². The van der Waals surface area contributed by atoms with Gasteiger partial charge in [0, 0.05) is 48.0 Å². The molecule has 0 saturated carbocycles. The van der Waals surface area contributed by atoms with Crippen molar-refractivity contribution in [2.45, 2.75) is 20.8 Å². The molecule has 2 nitrogen and oxygen atoms in total. The first kappa shape index (κ1) is 32.2. The van der Waals surface area contributed by atoms with E-state index in [2.05, 4.69) is 206 Å². The summed E-state index contributed by atoms with van der Waals surface area (Å²) in [5, 5.41) is 5.11. The molecule has 0 bridgehead atoms. The van der Waals surface area contributed by atoms with Gasteiger partial charge in [0.25, 0.3) is 0 Å². The van der Waals surface area contributed by atoms with Crippen molar-refractivity contribution in [1.29, 1.82) is 0 Å². The Morgan fingerprint density at radius 1 is 0.481 bits per heavy atom. The smallest absolute Gasteiger partial charge is 0.0555 e. The van der Waals surface area contributed by atoms with Gasteiger partial charge in [0.05, 0.1) is 16.7 Å². The fraction of sp³-hybridized carbons (Fsp3) is 0.0588. The van der Waals surface area contributed by atoms with Crippen LogP contribution in [0.15, 0.2) is 176 Å². The molecule has 2 aromatic heterocycles. The maximum Gasteiger partial charge on any atom is 0.0555 e. The number of thiophene rings is 1. The van der Waals surface area contributed by atoms with E-state index in [1.807, 2.05) is 11.3 Å². The maximum absolute atomic E-state index is 2.47. The molecule has 258 valence electrons. The molecule has 8 aromatic carbocycles. The zero-order valence-electron chi connectivity index (χ0n) is 30.5. The topological polar surface area (TPSA) is 8.17 Å². The molecular formula is C51H38N2S. The lowest BCUT2D eigenvalue weighted by atomic mass is 9.94. The maximum atomic E-state index is 2.47. The van der Waals surface area contributed by atoms with E-state index in [1.54, 1.807) is 0 Å². The van der Waals surface area contributed by atoms with E-state index < -0.39 is 0 Å². The third kappa shape index (κ3) is 5.23. The summed E-state index contributed by atoms with van der Waals surface area (Å²) in [5.74, 6) is 0. The van der Waals surface area contributed by atoms with Gasteiger partial charge in [-0.2, -0.15) is 0 Å². The van der Waals surface area contributed by atoms with Crippen molar-refractivity contribution >= 4 is 70.4 Å². The molecule has 0 amide bonds. The van der Waals surface area contributed by atoms with Crippen LogP contribution in [0, 0.1) is 20.8 Å². The molecule has 54 heavy (non-hydrogen) atoms. The molecule has 0 atom stereocenters. The second kappa shape index (κ2) is 12.9. The first-order valence-electron chi connectivity index (χ1n) is 18.6. The highest BCUT2D eigenvalue weighted by Crippen LogP contribution is 2.49. The number of fused-ring (bicyclic) bond motifs is 6. The molecule has 0 saturated heterocycles. The molecule has 3 heteroatoms. The summed E-state index contributed by atoms with van der Waals surface area (Å²) >= 11 is 1.89. The van der Waals surface area contributed by atoms with Gasteiger partial charge in [-0.05, 0) is 120 Å². The molecule has 0 unspecified atom stereocenters. The van der Waals surface area contributed by atoms with Gasteiger partial charge in [0.15, 0.2) is 0 Å². The minimum Gasteiger partial charge on any atom is -0.310 e. The zero-order valence-corrected chi connectivity index (χ0v) is 31.4. The highest BCUT2D eigenvalue weighted by Gasteiger charge is 2.22. The molecule has 0 N–H and O–H groups in total. The van der Waals surface area contributed by atoms with Crippen molar-refractivity contribution in [2.75, 3.05) is 4.90 Å². The van der Waals surface area contributed by atoms with Crippen LogP contribution >= 0.6 is 11.3 Å². The van der Waals surface area contributed by atoms with Gasteiger partial charge in [0.1, 0.15) is 0 Å². The molecule has 0 aliphatic carbocycles. The van der Waals surface area contributed by atoms with Crippen LogP contribution in [0.5, 0.6) is 0 Å². The number of aromatic nitrogens is 1. The fourth-order valence-electron chi connectivity index (χ4n) is 8.54. The molecule has 10 rings (SSSR count). The standard InChI is InChI=1S/C51H38N2S/c1-33-14-13-17-39(30-33)52(40-31-34(2)49(35(3)32-40)37-15-5-4-6-16-37)47-29-28-41(51-50(47)44-20-9-12-23-48(44)54-51)36-24-26-38(27-25-36)53-45-21-10-7-18-42(45)43-19-8-11-22-46(43)53/h4-32H,1-3H3. The van der Waals surface area contributed by atoms with Gasteiger partial charge in [-0.25, -0.2) is 0 Å². The van der Waals surface area contributed by atoms with Crippen molar-refractivity contribution < 1.29 is 0 Å². The van der Waals surface area contributed by atoms with E-state index in [9.17, 15) is 0 Å². The van der Waals surface area contributed by atoms with Gasteiger partial charge >= 0.3 is 0 Å². The average molecular weight is 711 g/mol. The molecule has 0 aliphatic rings. The Labute approximate surface area is 319 Å². The van der Waals surface area contributed by atoms with Crippen LogP contribution in [0.3, 0.4) is 0 Å². The van der Waals surface area contributed by atoms with Gasteiger partial charge in [-0.1, -0.05) is 115 Å². The van der Waals surface area contributed by atoms with E-state index in [0.717, 1.165) is 17.1 Å². The van der Waals surface area contributed by atoms with Crippen molar-refractivity contribution in [1.82, 2.24) is 4.57 Å². The van der Waals surface area contributed by atoms with Crippen LogP contribution in [0.2, 0.25) is 0 Å². The summed E-state index contributed by atoms with van der Waals surface area (Å²) in [6.07, 6.45) is 0. The third-order valence-corrected chi connectivity index (χ3v) is 12.1.